The first-order valence-electron chi connectivity index (χ1n) is 12.4. The fourth-order valence-corrected chi connectivity index (χ4v) is 5.57. The predicted octanol–water partition coefficient (Wildman–Crippen LogP) is 4.70. The minimum absolute atomic E-state index is 0.0493. The molecule has 0 radical (unpaired) electrons. The van der Waals surface area contributed by atoms with Crippen LogP contribution in [0.25, 0.3) is 16.9 Å². The summed E-state index contributed by atoms with van der Waals surface area (Å²) >= 11 is 1.56. The third-order valence-electron chi connectivity index (χ3n) is 6.74. The summed E-state index contributed by atoms with van der Waals surface area (Å²) in [5.74, 6) is 1.26. The van der Waals surface area contributed by atoms with Crippen LogP contribution < -0.4 is 14.2 Å². The summed E-state index contributed by atoms with van der Waals surface area (Å²) in [6, 6.07) is 5.70. The molecular weight excluding hydrogens is 494 g/mol. The molecule has 0 N–H and O–H groups in total. The smallest absolute Gasteiger partial charge is 0.308 e. The van der Waals surface area contributed by atoms with Gasteiger partial charge in [0.2, 0.25) is 0 Å². The van der Waals surface area contributed by atoms with E-state index >= 15 is 0 Å². The average molecular weight is 526 g/mol. The second-order valence-corrected chi connectivity index (χ2v) is 10.2. The molecule has 10 heteroatoms. The maximum Gasteiger partial charge on any atom is 0.308 e. The number of hydrogen-bond donors (Lipinski definition) is 0. The van der Waals surface area contributed by atoms with Crippen LogP contribution in [0.5, 0.6) is 17.2 Å². The summed E-state index contributed by atoms with van der Waals surface area (Å²) in [6.07, 6.45) is 1.95. The number of likely N-dealkylation sites (tertiary alicyclic amines) is 1. The van der Waals surface area contributed by atoms with Gasteiger partial charge in [0.1, 0.15) is 12.4 Å². The van der Waals surface area contributed by atoms with Gasteiger partial charge in [0.15, 0.2) is 17.2 Å². The molecule has 1 amide bonds. The number of ether oxygens (including phenoxy) is 4. The number of hydrogen-bond acceptors (Lipinski definition) is 8. The minimum Gasteiger partial charge on any atom is -0.493 e. The third-order valence-corrected chi connectivity index (χ3v) is 7.41. The zero-order chi connectivity index (χ0) is 26.1. The van der Waals surface area contributed by atoms with Crippen LogP contribution in [0.1, 0.15) is 49.2 Å². The Labute approximate surface area is 219 Å². The third kappa shape index (κ3) is 4.77. The molecule has 196 valence electrons. The molecular formula is C27H31N3O6S. The highest BCUT2D eigenvalue weighted by Gasteiger charge is 2.34. The summed E-state index contributed by atoms with van der Waals surface area (Å²) in [5, 5.41) is 8.81. The highest BCUT2D eigenvalue weighted by molar-refractivity contribution is 7.08. The van der Waals surface area contributed by atoms with E-state index in [9.17, 15) is 9.59 Å². The molecule has 4 heterocycles. The molecule has 37 heavy (non-hydrogen) atoms. The topological polar surface area (TPSA) is 92.1 Å². The van der Waals surface area contributed by atoms with Gasteiger partial charge in [-0.3, -0.25) is 9.59 Å². The Morgan fingerprint density at radius 2 is 2.00 bits per heavy atom. The Kier molecular flexibility index (Phi) is 7.10. The van der Waals surface area contributed by atoms with Crippen molar-refractivity contribution >= 4 is 23.2 Å². The molecule has 1 fully saturated rings. The monoisotopic (exact) mass is 525 g/mol. The number of thiophene rings is 1. The lowest BCUT2D eigenvalue weighted by atomic mass is 10.0. The molecule has 2 aliphatic heterocycles. The molecule has 0 bridgehead atoms. The maximum absolute atomic E-state index is 13.8. The lowest BCUT2D eigenvalue weighted by molar-refractivity contribution is -0.145. The van der Waals surface area contributed by atoms with E-state index in [0.717, 1.165) is 28.9 Å². The van der Waals surface area contributed by atoms with Crippen LogP contribution in [-0.4, -0.2) is 60.0 Å². The number of aromatic nitrogens is 2. The Hall–Kier alpha value is -3.53. The molecule has 1 aromatic carbocycles. The van der Waals surface area contributed by atoms with E-state index in [1.165, 1.54) is 7.11 Å². The van der Waals surface area contributed by atoms with E-state index in [-0.39, 0.29) is 30.5 Å². The highest BCUT2D eigenvalue weighted by atomic mass is 32.1. The second-order valence-electron chi connectivity index (χ2n) is 9.47. The summed E-state index contributed by atoms with van der Waals surface area (Å²) < 4.78 is 24.5. The summed E-state index contributed by atoms with van der Waals surface area (Å²) in [4.78, 5) is 27.7. The number of amides is 1. The van der Waals surface area contributed by atoms with Crippen molar-refractivity contribution in [3.8, 4) is 34.2 Å². The number of nitrogens with zero attached hydrogens (tertiary/aromatic N) is 3. The molecule has 0 spiro atoms. The molecule has 5 rings (SSSR count). The second kappa shape index (κ2) is 10.5. The predicted molar refractivity (Wildman–Crippen MR) is 139 cm³/mol. The van der Waals surface area contributed by atoms with Crippen LogP contribution in [0, 0.1) is 5.92 Å². The van der Waals surface area contributed by atoms with E-state index in [0.29, 0.717) is 48.9 Å². The van der Waals surface area contributed by atoms with Crippen molar-refractivity contribution in [3.63, 3.8) is 0 Å². The van der Waals surface area contributed by atoms with Crippen molar-refractivity contribution in [2.75, 3.05) is 27.3 Å². The van der Waals surface area contributed by atoms with Crippen LogP contribution in [0.15, 0.2) is 29.0 Å². The van der Waals surface area contributed by atoms with E-state index < -0.39 is 0 Å². The van der Waals surface area contributed by atoms with Gasteiger partial charge in [-0.1, -0.05) is 0 Å². The first kappa shape index (κ1) is 25.1. The molecule has 0 aliphatic carbocycles. The summed E-state index contributed by atoms with van der Waals surface area (Å²) in [6.45, 7) is 5.16. The molecule has 1 atom stereocenters. The van der Waals surface area contributed by atoms with Gasteiger partial charge in [-0.15, -0.1) is 0 Å². The summed E-state index contributed by atoms with van der Waals surface area (Å²) in [5.41, 5.74) is 3.57. The molecule has 0 saturated carbocycles. The van der Waals surface area contributed by atoms with E-state index in [1.807, 2.05) is 47.5 Å². The van der Waals surface area contributed by atoms with Crippen LogP contribution >= 0.6 is 11.3 Å². The van der Waals surface area contributed by atoms with Crippen LogP contribution in [-0.2, 0) is 16.1 Å². The molecule has 3 aromatic rings. The Morgan fingerprint density at radius 3 is 2.70 bits per heavy atom. The van der Waals surface area contributed by atoms with Crippen molar-refractivity contribution in [1.82, 2.24) is 14.7 Å². The molecule has 1 unspecified atom stereocenters. The first-order valence-corrected chi connectivity index (χ1v) is 13.4. The molecule has 2 aromatic heterocycles. The van der Waals surface area contributed by atoms with Crippen LogP contribution in [0.3, 0.4) is 0 Å². The normalized spacial score (nSPS) is 16.9. The lowest BCUT2D eigenvalue weighted by Crippen LogP contribution is -2.33. The van der Waals surface area contributed by atoms with Gasteiger partial charge in [-0.05, 0) is 50.6 Å². The standard InChI is InChI=1S/C27H31N3O6S/c1-16(2)36-23-12-19-21(13-22(23)33-3)35-14-20-24(28-30(25(19)20)18-8-11-37-15-18)26(31)29-9-5-6-17(7-10-29)27(32)34-4/h8,11-13,15-17H,5-7,9-10,14H2,1-4H3. The number of fused-ring (bicyclic) bond motifs is 3. The molecule has 1 saturated heterocycles. The number of rotatable bonds is 6. The Balaban J connectivity index is 1.57. The van der Waals surface area contributed by atoms with Gasteiger partial charge in [0.05, 0.1) is 37.6 Å². The number of carbonyl (C=O) groups is 2. The van der Waals surface area contributed by atoms with Crippen molar-refractivity contribution in [3.05, 3.63) is 40.2 Å². The van der Waals surface area contributed by atoms with Crippen molar-refractivity contribution in [2.24, 2.45) is 5.92 Å². The zero-order valence-electron chi connectivity index (χ0n) is 21.5. The number of benzene rings is 1. The van der Waals surface area contributed by atoms with Gasteiger partial charge < -0.3 is 23.8 Å². The van der Waals surface area contributed by atoms with E-state index in [2.05, 4.69) is 0 Å². The SMILES string of the molecule is COC(=O)C1CCCN(C(=O)c2nn(-c3ccsc3)c3c2COc2cc(OC)c(OC(C)C)cc2-3)CC1. The highest BCUT2D eigenvalue weighted by Crippen LogP contribution is 2.46. The van der Waals surface area contributed by atoms with E-state index in [4.69, 9.17) is 24.0 Å². The summed E-state index contributed by atoms with van der Waals surface area (Å²) in [7, 11) is 3.01. The van der Waals surface area contributed by atoms with Gasteiger partial charge in [0.25, 0.3) is 5.91 Å². The number of methoxy groups -OCH3 is 2. The number of esters is 1. The maximum atomic E-state index is 13.8. The van der Waals surface area contributed by atoms with Crippen molar-refractivity contribution in [1.29, 1.82) is 0 Å². The first-order chi connectivity index (χ1) is 17.9. The van der Waals surface area contributed by atoms with Crippen LogP contribution in [0.4, 0.5) is 0 Å². The van der Waals surface area contributed by atoms with E-state index in [1.54, 1.807) is 23.3 Å². The molecule has 2 aliphatic rings. The average Bonchev–Trinajstić information content (AvgIpc) is 3.49. The number of carbonyl (C=O) groups excluding carboxylic acids is 2. The lowest BCUT2D eigenvalue weighted by Gasteiger charge is -2.23. The van der Waals surface area contributed by atoms with Crippen molar-refractivity contribution < 1.29 is 28.5 Å². The zero-order valence-corrected chi connectivity index (χ0v) is 22.3. The van der Waals surface area contributed by atoms with Gasteiger partial charge >= 0.3 is 5.97 Å². The van der Waals surface area contributed by atoms with Crippen LogP contribution in [0.2, 0.25) is 0 Å². The van der Waals surface area contributed by atoms with Crippen molar-refractivity contribution in [2.45, 2.75) is 45.8 Å². The minimum atomic E-state index is -0.215. The Morgan fingerprint density at radius 1 is 1.16 bits per heavy atom. The van der Waals surface area contributed by atoms with Gasteiger partial charge in [-0.2, -0.15) is 16.4 Å². The fraction of sp³-hybridized carbons (Fsp3) is 0.444. The largest absolute Gasteiger partial charge is 0.493 e. The Bertz CT molecular complexity index is 1300. The van der Waals surface area contributed by atoms with Gasteiger partial charge in [0, 0.05) is 35.7 Å². The molecule has 9 nitrogen and oxygen atoms in total. The fourth-order valence-electron chi connectivity index (χ4n) is 4.95. The quantitative estimate of drug-likeness (QED) is 0.431. The van der Waals surface area contributed by atoms with Gasteiger partial charge in [-0.25, -0.2) is 4.68 Å².